The van der Waals surface area contributed by atoms with Crippen molar-refractivity contribution in [3.8, 4) is 0 Å². The smallest absolute Gasteiger partial charge is 0.335 e. The quantitative estimate of drug-likeness (QED) is 0.825. The van der Waals surface area contributed by atoms with Crippen LogP contribution in [0.3, 0.4) is 0 Å². The normalized spacial score (nSPS) is 10.7. The molecule has 78 valence electrons. The first kappa shape index (κ1) is 9.64. The zero-order valence-electron chi connectivity index (χ0n) is 8.34. The maximum atomic E-state index is 10.7. The molecule has 1 aromatic carbocycles. The van der Waals surface area contributed by atoms with Crippen LogP contribution in [0.4, 0.5) is 0 Å². The molecule has 2 aromatic rings. The number of fused-ring (bicyclic) bond motifs is 1. The lowest BCUT2D eigenvalue weighted by atomic mass is 10.2. The first-order valence-electron chi connectivity index (χ1n) is 4.79. The molecule has 0 unspecified atom stereocenters. The van der Waals surface area contributed by atoms with Gasteiger partial charge in [-0.05, 0) is 24.6 Å². The Kier molecular flexibility index (Phi) is 2.37. The molecular formula is C10H11N3O2. The van der Waals surface area contributed by atoms with Crippen molar-refractivity contribution >= 4 is 17.0 Å². The third-order valence-corrected chi connectivity index (χ3v) is 2.09. The van der Waals surface area contributed by atoms with Gasteiger partial charge in [-0.3, -0.25) is 0 Å². The van der Waals surface area contributed by atoms with Crippen molar-refractivity contribution in [2.24, 2.45) is 0 Å². The second-order valence-electron chi connectivity index (χ2n) is 3.30. The Labute approximate surface area is 86.3 Å². The average Bonchev–Trinajstić information content (AvgIpc) is 2.59. The lowest BCUT2D eigenvalue weighted by Crippen LogP contribution is -2.00. The fourth-order valence-electron chi connectivity index (χ4n) is 1.39. The van der Waals surface area contributed by atoms with E-state index < -0.39 is 5.97 Å². The third-order valence-electron chi connectivity index (χ3n) is 2.09. The molecule has 0 aliphatic rings. The number of aryl methyl sites for hydroxylation is 1. The number of hydrogen-bond acceptors (Lipinski definition) is 3. The van der Waals surface area contributed by atoms with Crippen LogP contribution in [0.5, 0.6) is 0 Å². The highest BCUT2D eigenvalue weighted by Crippen LogP contribution is 2.11. The molecular weight excluding hydrogens is 194 g/mol. The molecule has 0 saturated heterocycles. The van der Waals surface area contributed by atoms with Crippen LogP contribution in [0.2, 0.25) is 0 Å². The highest BCUT2D eigenvalue weighted by atomic mass is 16.4. The minimum atomic E-state index is -0.943. The Morgan fingerprint density at radius 3 is 2.80 bits per heavy atom. The summed E-state index contributed by atoms with van der Waals surface area (Å²) in [7, 11) is 0. The van der Waals surface area contributed by atoms with E-state index in [0.29, 0.717) is 5.52 Å². The Bertz CT molecular complexity index is 504. The number of benzene rings is 1. The van der Waals surface area contributed by atoms with Gasteiger partial charge < -0.3 is 5.11 Å². The van der Waals surface area contributed by atoms with E-state index in [1.807, 2.05) is 6.92 Å². The molecule has 5 heteroatoms. The van der Waals surface area contributed by atoms with Gasteiger partial charge in [-0.1, -0.05) is 6.92 Å². The number of aromatic nitrogens is 3. The molecule has 0 radical (unpaired) electrons. The van der Waals surface area contributed by atoms with Gasteiger partial charge in [0.2, 0.25) is 0 Å². The SMILES string of the molecule is CCCn1nc2ccc(C(=O)O)cc2n1. The Hall–Kier alpha value is -1.91. The van der Waals surface area contributed by atoms with E-state index in [4.69, 9.17) is 5.11 Å². The number of hydrogen-bond donors (Lipinski definition) is 1. The Morgan fingerprint density at radius 1 is 1.40 bits per heavy atom. The monoisotopic (exact) mass is 205 g/mol. The van der Waals surface area contributed by atoms with E-state index in [9.17, 15) is 4.79 Å². The van der Waals surface area contributed by atoms with Crippen molar-refractivity contribution in [1.82, 2.24) is 15.0 Å². The molecule has 2 rings (SSSR count). The summed E-state index contributed by atoms with van der Waals surface area (Å²) in [4.78, 5) is 12.3. The van der Waals surface area contributed by atoms with E-state index >= 15 is 0 Å². The molecule has 0 saturated carbocycles. The van der Waals surface area contributed by atoms with E-state index in [1.54, 1.807) is 10.9 Å². The highest BCUT2D eigenvalue weighted by Gasteiger charge is 2.07. The van der Waals surface area contributed by atoms with E-state index in [0.717, 1.165) is 18.5 Å². The van der Waals surface area contributed by atoms with Crippen LogP contribution in [0.1, 0.15) is 23.7 Å². The molecule has 0 atom stereocenters. The molecule has 0 aliphatic carbocycles. The molecule has 1 N–H and O–H groups in total. The van der Waals surface area contributed by atoms with Gasteiger partial charge in [-0.25, -0.2) is 4.79 Å². The predicted octanol–water partition coefficient (Wildman–Crippen LogP) is 1.54. The zero-order chi connectivity index (χ0) is 10.8. The molecule has 0 fully saturated rings. The second-order valence-corrected chi connectivity index (χ2v) is 3.30. The summed E-state index contributed by atoms with van der Waals surface area (Å²) in [5.74, 6) is -0.943. The van der Waals surface area contributed by atoms with Crippen LogP contribution in [-0.4, -0.2) is 26.1 Å². The van der Waals surface area contributed by atoms with Gasteiger partial charge in [0.1, 0.15) is 11.0 Å². The number of nitrogens with zero attached hydrogens (tertiary/aromatic N) is 3. The fourth-order valence-corrected chi connectivity index (χ4v) is 1.39. The van der Waals surface area contributed by atoms with Gasteiger partial charge in [0.15, 0.2) is 0 Å². The molecule has 0 bridgehead atoms. The van der Waals surface area contributed by atoms with Crippen LogP contribution in [0.25, 0.3) is 11.0 Å². The number of carboxylic acids is 1. The van der Waals surface area contributed by atoms with Crippen molar-refractivity contribution in [2.45, 2.75) is 19.9 Å². The Balaban J connectivity index is 2.47. The molecule has 0 spiro atoms. The molecule has 0 aliphatic heterocycles. The van der Waals surface area contributed by atoms with E-state index in [-0.39, 0.29) is 5.56 Å². The molecule has 15 heavy (non-hydrogen) atoms. The summed E-state index contributed by atoms with van der Waals surface area (Å²) >= 11 is 0. The minimum Gasteiger partial charge on any atom is -0.478 e. The van der Waals surface area contributed by atoms with Gasteiger partial charge >= 0.3 is 5.97 Å². The van der Waals surface area contributed by atoms with Crippen LogP contribution in [0.15, 0.2) is 18.2 Å². The molecule has 5 nitrogen and oxygen atoms in total. The summed E-state index contributed by atoms with van der Waals surface area (Å²) in [5, 5.41) is 17.2. The molecule has 1 heterocycles. The number of rotatable bonds is 3. The summed E-state index contributed by atoms with van der Waals surface area (Å²) < 4.78 is 0. The van der Waals surface area contributed by atoms with Gasteiger partial charge in [0.05, 0.1) is 12.1 Å². The van der Waals surface area contributed by atoms with Gasteiger partial charge in [-0.15, -0.1) is 0 Å². The van der Waals surface area contributed by atoms with E-state index in [2.05, 4.69) is 10.2 Å². The molecule has 1 aromatic heterocycles. The third kappa shape index (κ3) is 1.81. The predicted molar refractivity (Wildman–Crippen MR) is 54.8 cm³/mol. The van der Waals surface area contributed by atoms with Crippen molar-refractivity contribution in [2.75, 3.05) is 0 Å². The standard InChI is InChI=1S/C10H11N3O2/c1-2-5-13-11-8-4-3-7(10(14)15)6-9(8)12-13/h3-4,6H,2,5H2,1H3,(H,14,15). The van der Waals surface area contributed by atoms with E-state index in [1.165, 1.54) is 12.1 Å². The van der Waals surface area contributed by atoms with Crippen molar-refractivity contribution in [3.63, 3.8) is 0 Å². The minimum absolute atomic E-state index is 0.242. The van der Waals surface area contributed by atoms with Crippen LogP contribution < -0.4 is 0 Å². The topological polar surface area (TPSA) is 68.0 Å². The van der Waals surface area contributed by atoms with Gasteiger partial charge in [-0.2, -0.15) is 15.0 Å². The summed E-state index contributed by atoms with van der Waals surface area (Å²) in [5.41, 5.74) is 1.60. The lowest BCUT2D eigenvalue weighted by Gasteiger charge is -1.91. The summed E-state index contributed by atoms with van der Waals surface area (Å²) in [6, 6.07) is 4.75. The van der Waals surface area contributed by atoms with Crippen molar-refractivity contribution < 1.29 is 9.90 Å². The van der Waals surface area contributed by atoms with Gasteiger partial charge in [0.25, 0.3) is 0 Å². The van der Waals surface area contributed by atoms with Crippen molar-refractivity contribution in [3.05, 3.63) is 23.8 Å². The maximum Gasteiger partial charge on any atom is 0.335 e. The summed E-state index contributed by atoms with van der Waals surface area (Å²) in [6.45, 7) is 2.79. The highest BCUT2D eigenvalue weighted by molar-refractivity contribution is 5.91. The second kappa shape index (κ2) is 3.68. The fraction of sp³-hybridized carbons (Fsp3) is 0.300. The average molecular weight is 205 g/mol. The van der Waals surface area contributed by atoms with Crippen LogP contribution in [-0.2, 0) is 6.54 Å². The number of aromatic carboxylic acids is 1. The number of carbonyl (C=O) groups is 1. The van der Waals surface area contributed by atoms with Crippen LogP contribution >= 0.6 is 0 Å². The number of carboxylic acid groups (broad SMARTS) is 1. The largest absolute Gasteiger partial charge is 0.478 e. The first-order valence-corrected chi connectivity index (χ1v) is 4.79. The first-order chi connectivity index (χ1) is 7.20. The zero-order valence-corrected chi connectivity index (χ0v) is 8.34. The van der Waals surface area contributed by atoms with Crippen LogP contribution in [0, 0.1) is 0 Å². The van der Waals surface area contributed by atoms with Crippen molar-refractivity contribution in [1.29, 1.82) is 0 Å². The summed E-state index contributed by atoms with van der Waals surface area (Å²) in [6.07, 6.45) is 0.951. The molecule has 0 amide bonds. The lowest BCUT2D eigenvalue weighted by molar-refractivity contribution is 0.0697. The maximum absolute atomic E-state index is 10.7. The van der Waals surface area contributed by atoms with Gasteiger partial charge in [0, 0.05) is 0 Å². The Morgan fingerprint density at radius 2 is 2.13 bits per heavy atom.